The van der Waals surface area contributed by atoms with Crippen LogP contribution in [0.3, 0.4) is 0 Å². The van der Waals surface area contributed by atoms with Gasteiger partial charge in [0.2, 0.25) is 5.91 Å². The quantitative estimate of drug-likeness (QED) is 0.654. The molecule has 3 atom stereocenters. The number of pyridine rings is 1. The molecule has 3 unspecified atom stereocenters. The second-order valence-electron chi connectivity index (χ2n) is 10.6. The summed E-state index contributed by atoms with van der Waals surface area (Å²) in [6.07, 6.45) is 9.34. The second-order valence-corrected chi connectivity index (χ2v) is 10.6. The van der Waals surface area contributed by atoms with Crippen LogP contribution >= 0.6 is 0 Å². The lowest BCUT2D eigenvalue weighted by Gasteiger charge is -2.32. The third-order valence-electron chi connectivity index (χ3n) is 8.09. The maximum Gasteiger partial charge on any atom is 0.254 e. The molecule has 2 saturated heterocycles. The Labute approximate surface area is 202 Å². The molecule has 3 heterocycles. The van der Waals surface area contributed by atoms with Crippen molar-refractivity contribution in [3.8, 4) is 0 Å². The topological polar surface area (TPSA) is 62.7 Å². The van der Waals surface area contributed by atoms with E-state index in [-0.39, 0.29) is 17.9 Å². The number of carbonyl (C=O) groups is 2. The van der Waals surface area contributed by atoms with Gasteiger partial charge in [0.25, 0.3) is 5.91 Å². The lowest BCUT2D eigenvalue weighted by molar-refractivity contribution is -0.136. The van der Waals surface area contributed by atoms with Crippen molar-refractivity contribution in [3.05, 3.63) is 42.1 Å². The number of piperidine rings is 1. The molecule has 1 aromatic carbocycles. The van der Waals surface area contributed by atoms with Crippen molar-refractivity contribution in [2.24, 2.45) is 17.8 Å². The molecular formula is C28H37N3O3. The third kappa shape index (κ3) is 5.12. The maximum absolute atomic E-state index is 13.2. The number of nitrogens with zero attached hydrogens (tertiary/aromatic N) is 3. The van der Waals surface area contributed by atoms with Crippen LogP contribution in [0.1, 0.15) is 62.2 Å². The van der Waals surface area contributed by atoms with Gasteiger partial charge in [-0.2, -0.15) is 0 Å². The largest absolute Gasteiger partial charge is 0.376 e. The van der Waals surface area contributed by atoms with Crippen molar-refractivity contribution in [2.45, 2.75) is 58.0 Å². The molecule has 0 N–H and O–H groups in total. The van der Waals surface area contributed by atoms with Crippen molar-refractivity contribution in [3.63, 3.8) is 0 Å². The van der Waals surface area contributed by atoms with Gasteiger partial charge < -0.3 is 14.5 Å². The maximum atomic E-state index is 13.2. The number of benzene rings is 1. The van der Waals surface area contributed by atoms with E-state index in [0.29, 0.717) is 17.7 Å². The number of hydrogen-bond donors (Lipinski definition) is 0. The van der Waals surface area contributed by atoms with Gasteiger partial charge in [0.15, 0.2) is 0 Å². The van der Waals surface area contributed by atoms with Gasteiger partial charge >= 0.3 is 0 Å². The SMILES string of the molecule is CC1CCCC(C(=O)N2CCC(OCC3CCN(C(=O)c4cccc5ncccc45)CC3)C2)C1. The third-order valence-corrected chi connectivity index (χ3v) is 8.09. The minimum absolute atomic E-state index is 0.0972. The summed E-state index contributed by atoms with van der Waals surface area (Å²) in [6.45, 7) is 6.11. The first-order valence-electron chi connectivity index (χ1n) is 13.1. The standard InChI is InChI=1S/C28H37N3O3/c1-20-5-2-6-22(17-20)27(32)31-16-12-23(18-31)34-19-21-10-14-30(15-11-21)28(33)25-7-3-9-26-24(25)8-4-13-29-26/h3-4,7-9,13,20-23H,2,5-6,10-12,14-19H2,1H3. The highest BCUT2D eigenvalue weighted by molar-refractivity contribution is 6.06. The van der Waals surface area contributed by atoms with Crippen molar-refractivity contribution in [1.29, 1.82) is 0 Å². The zero-order valence-electron chi connectivity index (χ0n) is 20.3. The van der Waals surface area contributed by atoms with E-state index in [4.69, 9.17) is 4.74 Å². The summed E-state index contributed by atoms with van der Waals surface area (Å²) in [5.41, 5.74) is 1.60. The van der Waals surface area contributed by atoms with Gasteiger partial charge in [-0.05, 0) is 62.1 Å². The van der Waals surface area contributed by atoms with Crippen LogP contribution in [0, 0.1) is 17.8 Å². The second kappa shape index (κ2) is 10.4. The fourth-order valence-corrected chi connectivity index (χ4v) is 6.02. The predicted octanol–water partition coefficient (Wildman–Crippen LogP) is 4.53. The summed E-state index contributed by atoms with van der Waals surface area (Å²) in [5.74, 6) is 1.82. The molecule has 1 aromatic heterocycles. The molecule has 1 aliphatic carbocycles. The fraction of sp³-hybridized carbons (Fsp3) is 0.607. The molecule has 2 amide bonds. The Balaban J connectivity index is 1.07. The Kier molecular flexibility index (Phi) is 7.14. The average Bonchev–Trinajstić information content (AvgIpc) is 3.36. The lowest BCUT2D eigenvalue weighted by atomic mass is 9.82. The van der Waals surface area contributed by atoms with E-state index in [1.165, 1.54) is 12.8 Å². The summed E-state index contributed by atoms with van der Waals surface area (Å²) in [6, 6.07) is 9.62. The number of rotatable bonds is 5. The smallest absolute Gasteiger partial charge is 0.254 e. The first kappa shape index (κ1) is 23.3. The Bertz CT molecular complexity index is 1010. The average molecular weight is 464 g/mol. The van der Waals surface area contributed by atoms with Crippen LogP contribution < -0.4 is 0 Å². The van der Waals surface area contributed by atoms with Crippen LogP contribution in [0.15, 0.2) is 36.5 Å². The highest BCUT2D eigenvalue weighted by atomic mass is 16.5. The molecule has 6 heteroatoms. The van der Waals surface area contributed by atoms with Crippen LogP contribution in [0.2, 0.25) is 0 Å². The summed E-state index contributed by atoms with van der Waals surface area (Å²) in [4.78, 5) is 34.5. The summed E-state index contributed by atoms with van der Waals surface area (Å²) >= 11 is 0. The van der Waals surface area contributed by atoms with Crippen LogP contribution in [0.5, 0.6) is 0 Å². The Morgan fingerprint density at radius 1 is 1.00 bits per heavy atom. The van der Waals surface area contributed by atoms with Crippen LogP contribution in [0.4, 0.5) is 0 Å². The molecule has 2 aliphatic heterocycles. The van der Waals surface area contributed by atoms with Crippen molar-refractivity contribution in [1.82, 2.24) is 14.8 Å². The molecule has 0 radical (unpaired) electrons. The van der Waals surface area contributed by atoms with Gasteiger partial charge in [0.05, 0.1) is 11.6 Å². The van der Waals surface area contributed by atoms with Gasteiger partial charge in [0, 0.05) is 55.9 Å². The van der Waals surface area contributed by atoms with E-state index >= 15 is 0 Å². The van der Waals surface area contributed by atoms with Crippen LogP contribution in [0.25, 0.3) is 10.9 Å². The number of likely N-dealkylation sites (tertiary alicyclic amines) is 2. The van der Waals surface area contributed by atoms with E-state index < -0.39 is 0 Å². The van der Waals surface area contributed by atoms with Gasteiger partial charge in [-0.15, -0.1) is 0 Å². The molecule has 3 aliphatic rings. The van der Waals surface area contributed by atoms with Gasteiger partial charge in [0.1, 0.15) is 0 Å². The fourth-order valence-electron chi connectivity index (χ4n) is 6.02. The first-order valence-corrected chi connectivity index (χ1v) is 13.1. The Hall–Kier alpha value is -2.47. The number of ether oxygens (including phenoxy) is 1. The van der Waals surface area contributed by atoms with Crippen molar-refractivity contribution >= 4 is 22.7 Å². The van der Waals surface area contributed by atoms with E-state index in [9.17, 15) is 9.59 Å². The molecule has 3 fully saturated rings. The van der Waals surface area contributed by atoms with E-state index in [1.54, 1.807) is 6.20 Å². The van der Waals surface area contributed by atoms with E-state index in [1.807, 2.05) is 40.1 Å². The Morgan fingerprint density at radius 2 is 1.82 bits per heavy atom. The molecule has 6 nitrogen and oxygen atoms in total. The van der Waals surface area contributed by atoms with Gasteiger partial charge in [-0.3, -0.25) is 14.6 Å². The highest BCUT2D eigenvalue weighted by Gasteiger charge is 2.34. The summed E-state index contributed by atoms with van der Waals surface area (Å²) in [7, 11) is 0. The van der Waals surface area contributed by atoms with Gasteiger partial charge in [-0.25, -0.2) is 0 Å². The molecule has 1 saturated carbocycles. The monoisotopic (exact) mass is 463 g/mol. The zero-order chi connectivity index (χ0) is 23.5. The number of hydrogen-bond acceptors (Lipinski definition) is 4. The predicted molar refractivity (Wildman–Crippen MR) is 132 cm³/mol. The van der Waals surface area contributed by atoms with Crippen molar-refractivity contribution < 1.29 is 14.3 Å². The number of aromatic nitrogens is 1. The van der Waals surface area contributed by atoms with E-state index in [2.05, 4.69) is 11.9 Å². The number of amides is 2. The molecular weight excluding hydrogens is 426 g/mol. The van der Waals surface area contributed by atoms with Crippen LogP contribution in [-0.4, -0.2) is 65.5 Å². The normalized spacial score (nSPS) is 26.2. The number of carbonyl (C=O) groups excluding carboxylic acids is 2. The first-order chi connectivity index (χ1) is 16.6. The summed E-state index contributed by atoms with van der Waals surface area (Å²) < 4.78 is 6.26. The molecule has 5 rings (SSSR count). The molecule has 0 bridgehead atoms. The van der Waals surface area contributed by atoms with E-state index in [0.717, 1.165) is 81.4 Å². The minimum atomic E-state index is 0.0972. The molecule has 182 valence electrons. The highest BCUT2D eigenvalue weighted by Crippen LogP contribution is 2.31. The van der Waals surface area contributed by atoms with Crippen molar-refractivity contribution in [2.75, 3.05) is 32.8 Å². The number of fused-ring (bicyclic) bond motifs is 1. The molecule has 2 aromatic rings. The summed E-state index contributed by atoms with van der Waals surface area (Å²) in [5, 5.41) is 0.920. The Morgan fingerprint density at radius 3 is 2.65 bits per heavy atom. The molecule has 34 heavy (non-hydrogen) atoms. The zero-order valence-corrected chi connectivity index (χ0v) is 20.3. The molecule has 0 spiro atoms. The van der Waals surface area contributed by atoms with Gasteiger partial charge in [-0.1, -0.05) is 31.9 Å². The minimum Gasteiger partial charge on any atom is -0.376 e. The lowest BCUT2D eigenvalue weighted by Crippen LogP contribution is -2.40. The van der Waals surface area contributed by atoms with Crippen LogP contribution in [-0.2, 0) is 9.53 Å².